The lowest BCUT2D eigenvalue weighted by Crippen LogP contribution is -2.42. The van der Waals surface area contributed by atoms with Crippen molar-refractivity contribution in [2.75, 3.05) is 18.0 Å². The quantitative estimate of drug-likeness (QED) is 0.566. The summed E-state index contributed by atoms with van der Waals surface area (Å²) >= 11 is 6.34. The molecular weight excluding hydrogens is 433 g/mol. The molecule has 1 aliphatic heterocycles. The molecular formula is C23H29ClFN5O2. The molecule has 9 heteroatoms. The van der Waals surface area contributed by atoms with E-state index >= 15 is 0 Å². The topological polar surface area (TPSA) is 65.1 Å². The van der Waals surface area contributed by atoms with Crippen molar-refractivity contribution in [3.05, 3.63) is 55.4 Å². The first-order valence-corrected chi connectivity index (χ1v) is 11.5. The molecule has 172 valence electrons. The average molecular weight is 462 g/mol. The van der Waals surface area contributed by atoms with E-state index in [1.807, 2.05) is 13.8 Å². The van der Waals surface area contributed by atoms with Gasteiger partial charge in [-0.1, -0.05) is 17.7 Å². The van der Waals surface area contributed by atoms with Crippen LogP contribution in [0.3, 0.4) is 0 Å². The Morgan fingerprint density at radius 1 is 1.03 bits per heavy atom. The number of hydrogen-bond donors (Lipinski definition) is 0. The van der Waals surface area contributed by atoms with Crippen molar-refractivity contribution >= 4 is 28.7 Å². The Morgan fingerprint density at radius 3 is 2.28 bits per heavy atom. The number of benzene rings is 1. The standard InChI is InChI=1S/C23H29ClFN5O2/c1-14(2)29-20-19(21(31)30(15(3)4)23(29)32)28(13-16-17(24)9-8-10-18(16)25)22(26-20)27-11-6-5-7-12-27/h8-10,14-15H,5-7,11-13H2,1-4H3. The normalized spacial score (nSPS) is 14.8. The van der Waals surface area contributed by atoms with Gasteiger partial charge in [-0.05, 0) is 59.1 Å². The Morgan fingerprint density at radius 2 is 1.69 bits per heavy atom. The van der Waals surface area contributed by atoms with Crippen molar-refractivity contribution in [3.63, 3.8) is 0 Å². The number of piperidine rings is 1. The molecule has 0 unspecified atom stereocenters. The number of rotatable bonds is 5. The third-order valence-corrected chi connectivity index (χ3v) is 6.39. The average Bonchev–Trinajstić information content (AvgIpc) is 3.10. The summed E-state index contributed by atoms with van der Waals surface area (Å²) in [4.78, 5) is 33.7. The van der Waals surface area contributed by atoms with E-state index < -0.39 is 11.4 Å². The van der Waals surface area contributed by atoms with Crippen LogP contribution in [0.5, 0.6) is 0 Å². The number of anilines is 1. The van der Waals surface area contributed by atoms with Crippen molar-refractivity contribution < 1.29 is 4.39 Å². The highest BCUT2D eigenvalue weighted by Crippen LogP contribution is 2.28. The molecule has 7 nitrogen and oxygen atoms in total. The van der Waals surface area contributed by atoms with E-state index in [0.29, 0.717) is 22.7 Å². The molecule has 0 N–H and O–H groups in total. The van der Waals surface area contributed by atoms with Crippen LogP contribution in [0.1, 0.15) is 64.6 Å². The summed E-state index contributed by atoms with van der Waals surface area (Å²) in [5.74, 6) is 0.136. The molecule has 1 saturated heterocycles. The third-order valence-electron chi connectivity index (χ3n) is 6.04. The van der Waals surface area contributed by atoms with Gasteiger partial charge < -0.3 is 4.90 Å². The van der Waals surface area contributed by atoms with E-state index in [1.165, 1.54) is 10.6 Å². The zero-order chi connectivity index (χ0) is 23.2. The van der Waals surface area contributed by atoms with Crippen LogP contribution in [0.2, 0.25) is 5.02 Å². The van der Waals surface area contributed by atoms with Crippen LogP contribution in [-0.2, 0) is 6.54 Å². The number of halogens is 2. The van der Waals surface area contributed by atoms with E-state index in [4.69, 9.17) is 16.6 Å². The molecule has 0 amide bonds. The van der Waals surface area contributed by atoms with Gasteiger partial charge in [0, 0.05) is 35.8 Å². The number of imidazole rings is 1. The maximum Gasteiger partial charge on any atom is 0.333 e. The summed E-state index contributed by atoms with van der Waals surface area (Å²) in [5.41, 5.74) is 0.128. The minimum Gasteiger partial charge on any atom is -0.342 e. The Kier molecular flexibility index (Phi) is 6.16. The first kappa shape index (κ1) is 22.6. The third kappa shape index (κ3) is 3.74. The lowest BCUT2D eigenvalue weighted by atomic mass is 10.1. The molecule has 0 bridgehead atoms. The lowest BCUT2D eigenvalue weighted by molar-refractivity contribution is 0.485. The second kappa shape index (κ2) is 8.73. The molecule has 1 aliphatic rings. The molecule has 0 saturated carbocycles. The molecule has 32 heavy (non-hydrogen) atoms. The SMILES string of the molecule is CC(C)n1c(=O)c2c(nc(N3CCCCC3)n2Cc2c(F)cccc2Cl)n(C(C)C)c1=O. The highest BCUT2D eigenvalue weighted by molar-refractivity contribution is 6.31. The maximum absolute atomic E-state index is 14.7. The van der Waals surface area contributed by atoms with Gasteiger partial charge in [-0.2, -0.15) is 4.98 Å². The predicted molar refractivity (Wildman–Crippen MR) is 126 cm³/mol. The summed E-state index contributed by atoms with van der Waals surface area (Å²) in [6.07, 6.45) is 3.15. The van der Waals surface area contributed by atoms with Crippen LogP contribution >= 0.6 is 11.6 Å². The van der Waals surface area contributed by atoms with E-state index in [2.05, 4.69) is 4.90 Å². The molecule has 4 rings (SSSR count). The predicted octanol–water partition coefficient (Wildman–Crippen LogP) is 4.35. The zero-order valence-electron chi connectivity index (χ0n) is 18.9. The zero-order valence-corrected chi connectivity index (χ0v) is 19.7. The summed E-state index contributed by atoms with van der Waals surface area (Å²) in [6.45, 7) is 9.03. The van der Waals surface area contributed by atoms with Crippen LogP contribution in [0.4, 0.5) is 10.3 Å². The second-order valence-electron chi connectivity index (χ2n) is 8.93. The first-order chi connectivity index (χ1) is 15.2. The van der Waals surface area contributed by atoms with Crippen LogP contribution in [0, 0.1) is 5.82 Å². The summed E-state index contributed by atoms with van der Waals surface area (Å²) < 4.78 is 19.3. The Labute approximate surface area is 191 Å². The van der Waals surface area contributed by atoms with Crippen molar-refractivity contribution in [2.45, 2.75) is 65.6 Å². The second-order valence-corrected chi connectivity index (χ2v) is 9.34. The molecule has 0 atom stereocenters. The molecule has 1 aromatic carbocycles. The van der Waals surface area contributed by atoms with Gasteiger partial charge in [0.1, 0.15) is 5.82 Å². The minimum absolute atomic E-state index is 0.0530. The summed E-state index contributed by atoms with van der Waals surface area (Å²) in [7, 11) is 0. The fourth-order valence-electron chi connectivity index (χ4n) is 4.46. The number of aromatic nitrogens is 4. The Bertz CT molecular complexity index is 1250. The number of hydrogen-bond acceptors (Lipinski definition) is 4. The fraction of sp³-hybridized carbons (Fsp3) is 0.522. The smallest absolute Gasteiger partial charge is 0.333 e. The molecule has 0 aliphatic carbocycles. The van der Waals surface area contributed by atoms with E-state index in [9.17, 15) is 14.0 Å². The monoisotopic (exact) mass is 461 g/mol. The highest BCUT2D eigenvalue weighted by atomic mass is 35.5. The molecule has 1 fully saturated rings. The van der Waals surface area contributed by atoms with Crippen LogP contribution < -0.4 is 16.1 Å². The van der Waals surface area contributed by atoms with Gasteiger partial charge in [0.05, 0.1) is 6.54 Å². The fourth-order valence-corrected chi connectivity index (χ4v) is 4.69. The lowest BCUT2D eigenvalue weighted by Gasteiger charge is -2.28. The van der Waals surface area contributed by atoms with Crippen LogP contribution in [-0.4, -0.2) is 31.8 Å². The van der Waals surface area contributed by atoms with Gasteiger partial charge in [0.15, 0.2) is 11.2 Å². The largest absolute Gasteiger partial charge is 0.342 e. The molecule has 0 radical (unpaired) electrons. The number of fused-ring (bicyclic) bond motifs is 1. The summed E-state index contributed by atoms with van der Waals surface area (Å²) in [5, 5.41) is 0.290. The molecule has 0 spiro atoms. The molecule has 3 aromatic rings. The Hall–Kier alpha value is -2.61. The Balaban J connectivity index is 2.09. The molecule has 3 heterocycles. The molecule has 2 aromatic heterocycles. The van der Waals surface area contributed by atoms with Crippen LogP contribution in [0.25, 0.3) is 11.2 Å². The maximum atomic E-state index is 14.7. The van der Waals surface area contributed by atoms with Gasteiger partial charge in [-0.25, -0.2) is 9.18 Å². The highest BCUT2D eigenvalue weighted by Gasteiger charge is 2.27. The number of nitrogens with zero attached hydrogens (tertiary/aromatic N) is 5. The van der Waals surface area contributed by atoms with Crippen molar-refractivity contribution in [2.24, 2.45) is 0 Å². The summed E-state index contributed by atoms with van der Waals surface area (Å²) in [6, 6.07) is 4.02. The van der Waals surface area contributed by atoms with Gasteiger partial charge in [0.25, 0.3) is 5.56 Å². The van der Waals surface area contributed by atoms with Gasteiger partial charge in [-0.15, -0.1) is 0 Å². The van der Waals surface area contributed by atoms with Crippen molar-refractivity contribution in [1.82, 2.24) is 18.7 Å². The van der Waals surface area contributed by atoms with Gasteiger partial charge in [-0.3, -0.25) is 18.5 Å². The van der Waals surface area contributed by atoms with E-state index in [-0.39, 0.29) is 29.3 Å². The van der Waals surface area contributed by atoms with Crippen molar-refractivity contribution in [3.8, 4) is 0 Å². The minimum atomic E-state index is -0.440. The van der Waals surface area contributed by atoms with Crippen LogP contribution in [0.15, 0.2) is 27.8 Å². The van der Waals surface area contributed by atoms with E-state index in [1.54, 1.807) is 35.1 Å². The van der Waals surface area contributed by atoms with E-state index in [0.717, 1.165) is 32.4 Å². The van der Waals surface area contributed by atoms with Gasteiger partial charge >= 0.3 is 5.69 Å². The van der Waals surface area contributed by atoms with Crippen molar-refractivity contribution in [1.29, 1.82) is 0 Å². The van der Waals surface area contributed by atoms with Gasteiger partial charge in [0.2, 0.25) is 5.95 Å². The first-order valence-electron chi connectivity index (χ1n) is 11.2.